The van der Waals surface area contributed by atoms with Crippen LogP contribution in [0.5, 0.6) is 0 Å². The van der Waals surface area contributed by atoms with E-state index >= 15 is 0 Å². The number of hydrogen-bond acceptors (Lipinski definition) is 4. The van der Waals surface area contributed by atoms with E-state index in [0.717, 1.165) is 18.2 Å². The van der Waals surface area contributed by atoms with Crippen LogP contribution in [0.2, 0.25) is 5.02 Å². The summed E-state index contributed by atoms with van der Waals surface area (Å²) >= 11 is 5.90. The summed E-state index contributed by atoms with van der Waals surface area (Å²) in [4.78, 5) is 22.2. The lowest BCUT2D eigenvalue weighted by Crippen LogP contribution is -2.23. The van der Waals surface area contributed by atoms with Gasteiger partial charge < -0.3 is 5.32 Å². The molecule has 0 spiro atoms. The first-order valence-electron chi connectivity index (χ1n) is 6.24. The van der Waals surface area contributed by atoms with Gasteiger partial charge in [-0.3, -0.25) is 19.6 Å². The minimum Gasteiger partial charge on any atom is -0.348 e. The minimum atomic E-state index is -0.571. The van der Waals surface area contributed by atoms with Crippen molar-refractivity contribution in [2.45, 2.75) is 20.0 Å². The van der Waals surface area contributed by atoms with Crippen molar-refractivity contribution in [3.05, 3.63) is 56.9 Å². The number of aromatic nitrogens is 2. The Morgan fingerprint density at radius 1 is 1.52 bits per heavy atom. The van der Waals surface area contributed by atoms with Gasteiger partial charge in [0.25, 0.3) is 11.6 Å². The Labute approximate surface area is 125 Å². The molecule has 0 fully saturated rings. The molecule has 1 aromatic heterocycles. The van der Waals surface area contributed by atoms with Crippen molar-refractivity contribution in [2.75, 3.05) is 0 Å². The van der Waals surface area contributed by atoms with Crippen LogP contribution in [0, 0.1) is 10.1 Å². The molecule has 2 aromatic rings. The summed E-state index contributed by atoms with van der Waals surface area (Å²) in [6.07, 6.45) is 3.47. The maximum Gasteiger partial charge on any atom is 0.270 e. The molecular weight excluding hydrogens is 296 g/mol. The number of nitro benzene ring substituents is 1. The van der Waals surface area contributed by atoms with E-state index in [4.69, 9.17) is 11.6 Å². The number of hydrogen-bond donors (Lipinski definition) is 1. The minimum absolute atomic E-state index is 0.0775. The van der Waals surface area contributed by atoms with Crippen molar-refractivity contribution in [3.8, 4) is 0 Å². The van der Waals surface area contributed by atoms with Gasteiger partial charge in [-0.25, -0.2) is 0 Å². The predicted octanol–water partition coefficient (Wildman–Crippen LogP) is 2.39. The SMILES string of the molecule is CCn1cc(CNC(=O)c2cc([N+](=O)[O-])ccc2Cl)cn1. The number of carbonyl (C=O) groups is 1. The number of aryl methyl sites for hydroxylation is 1. The van der Waals surface area contributed by atoms with Crippen LogP contribution in [0.4, 0.5) is 5.69 Å². The number of nitrogens with one attached hydrogen (secondary N) is 1. The smallest absolute Gasteiger partial charge is 0.270 e. The monoisotopic (exact) mass is 308 g/mol. The second-order valence-corrected chi connectivity index (χ2v) is 4.72. The van der Waals surface area contributed by atoms with Gasteiger partial charge in [0.1, 0.15) is 0 Å². The Morgan fingerprint density at radius 2 is 2.29 bits per heavy atom. The topological polar surface area (TPSA) is 90.1 Å². The number of halogens is 1. The van der Waals surface area contributed by atoms with E-state index in [-0.39, 0.29) is 22.8 Å². The highest BCUT2D eigenvalue weighted by Gasteiger charge is 2.15. The molecule has 0 saturated heterocycles. The molecule has 0 unspecified atom stereocenters. The summed E-state index contributed by atoms with van der Waals surface area (Å²) in [6.45, 7) is 2.97. The second-order valence-electron chi connectivity index (χ2n) is 4.31. The van der Waals surface area contributed by atoms with E-state index in [9.17, 15) is 14.9 Å². The molecule has 8 heteroatoms. The Hall–Kier alpha value is -2.41. The van der Waals surface area contributed by atoms with Gasteiger partial charge in [0.2, 0.25) is 0 Å². The zero-order valence-corrected chi connectivity index (χ0v) is 12.0. The number of benzene rings is 1. The van der Waals surface area contributed by atoms with E-state index in [1.807, 2.05) is 13.1 Å². The predicted molar refractivity (Wildman–Crippen MR) is 77.2 cm³/mol. The van der Waals surface area contributed by atoms with Gasteiger partial charge in [-0.15, -0.1) is 0 Å². The molecule has 0 aliphatic heterocycles. The molecule has 0 radical (unpaired) electrons. The van der Waals surface area contributed by atoms with Crippen molar-refractivity contribution in [3.63, 3.8) is 0 Å². The number of amides is 1. The van der Waals surface area contributed by atoms with E-state index in [2.05, 4.69) is 10.4 Å². The first kappa shape index (κ1) is 15.0. The summed E-state index contributed by atoms with van der Waals surface area (Å²) in [6, 6.07) is 3.75. The van der Waals surface area contributed by atoms with Crippen LogP contribution in [0.15, 0.2) is 30.6 Å². The number of carbonyl (C=O) groups excluding carboxylic acids is 1. The molecule has 1 aromatic carbocycles. The molecule has 1 amide bonds. The van der Waals surface area contributed by atoms with E-state index in [1.54, 1.807) is 10.9 Å². The largest absolute Gasteiger partial charge is 0.348 e. The number of nitro groups is 1. The fraction of sp³-hybridized carbons (Fsp3) is 0.231. The number of non-ortho nitro benzene ring substituents is 1. The first-order valence-corrected chi connectivity index (χ1v) is 6.62. The van der Waals surface area contributed by atoms with Gasteiger partial charge in [0, 0.05) is 37.0 Å². The van der Waals surface area contributed by atoms with Crippen molar-refractivity contribution >= 4 is 23.2 Å². The Kier molecular flexibility index (Phi) is 4.54. The third-order valence-electron chi connectivity index (χ3n) is 2.87. The molecule has 110 valence electrons. The van der Waals surface area contributed by atoms with Crippen LogP contribution in [0.3, 0.4) is 0 Å². The van der Waals surface area contributed by atoms with Crippen LogP contribution >= 0.6 is 11.6 Å². The van der Waals surface area contributed by atoms with Gasteiger partial charge in [-0.05, 0) is 13.0 Å². The zero-order valence-electron chi connectivity index (χ0n) is 11.2. The zero-order chi connectivity index (χ0) is 15.4. The number of nitrogens with zero attached hydrogens (tertiary/aromatic N) is 3. The molecule has 1 heterocycles. The lowest BCUT2D eigenvalue weighted by atomic mass is 10.2. The standard InChI is InChI=1S/C13H13ClN4O3/c1-2-17-8-9(7-16-17)6-15-13(19)11-5-10(18(20)21)3-4-12(11)14/h3-5,7-8H,2,6H2,1H3,(H,15,19). The summed E-state index contributed by atoms with van der Waals surface area (Å²) < 4.78 is 1.74. The first-order chi connectivity index (χ1) is 10.0. The Morgan fingerprint density at radius 3 is 2.90 bits per heavy atom. The van der Waals surface area contributed by atoms with Gasteiger partial charge in [-0.2, -0.15) is 5.10 Å². The third-order valence-corrected chi connectivity index (χ3v) is 3.20. The molecule has 0 aliphatic rings. The van der Waals surface area contributed by atoms with Gasteiger partial charge in [0.05, 0.1) is 21.7 Å². The van der Waals surface area contributed by atoms with Crippen LogP contribution < -0.4 is 5.32 Å². The molecule has 0 aliphatic carbocycles. The molecule has 1 N–H and O–H groups in total. The lowest BCUT2D eigenvalue weighted by molar-refractivity contribution is -0.384. The normalized spacial score (nSPS) is 10.4. The third kappa shape index (κ3) is 3.57. The van der Waals surface area contributed by atoms with Crippen molar-refractivity contribution in [2.24, 2.45) is 0 Å². The molecule has 0 atom stereocenters. The molecule has 7 nitrogen and oxygen atoms in total. The van der Waals surface area contributed by atoms with E-state index in [1.165, 1.54) is 12.1 Å². The summed E-state index contributed by atoms with van der Waals surface area (Å²) in [5.74, 6) is -0.465. The van der Waals surface area contributed by atoms with Gasteiger partial charge in [0.15, 0.2) is 0 Å². The van der Waals surface area contributed by atoms with Gasteiger partial charge in [-0.1, -0.05) is 11.6 Å². The summed E-state index contributed by atoms with van der Waals surface area (Å²) in [7, 11) is 0. The van der Waals surface area contributed by atoms with E-state index in [0.29, 0.717) is 0 Å². The average molecular weight is 309 g/mol. The molecule has 0 saturated carbocycles. The molecular formula is C13H13ClN4O3. The molecule has 21 heavy (non-hydrogen) atoms. The fourth-order valence-corrected chi connectivity index (χ4v) is 1.95. The van der Waals surface area contributed by atoms with E-state index < -0.39 is 10.8 Å². The molecule has 2 rings (SSSR count). The Balaban J connectivity index is 2.09. The number of rotatable bonds is 5. The highest BCUT2D eigenvalue weighted by molar-refractivity contribution is 6.33. The Bertz CT molecular complexity index is 684. The fourth-order valence-electron chi connectivity index (χ4n) is 1.75. The second kappa shape index (κ2) is 6.36. The van der Waals surface area contributed by atoms with Crippen LogP contribution in [0.25, 0.3) is 0 Å². The maximum absolute atomic E-state index is 12.0. The van der Waals surface area contributed by atoms with Crippen molar-refractivity contribution < 1.29 is 9.72 Å². The summed E-state index contributed by atoms with van der Waals surface area (Å²) in [5, 5.41) is 17.6. The summed E-state index contributed by atoms with van der Waals surface area (Å²) in [5.41, 5.74) is 0.740. The average Bonchev–Trinajstić information content (AvgIpc) is 2.93. The van der Waals surface area contributed by atoms with Crippen LogP contribution in [-0.4, -0.2) is 20.6 Å². The van der Waals surface area contributed by atoms with Crippen LogP contribution in [-0.2, 0) is 13.1 Å². The van der Waals surface area contributed by atoms with Crippen molar-refractivity contribution in [1.82, 2.24) is 15.1 Å². The molecule has 0 bridgehead atoms. The van der Waals surface area contributed by atoms with Crippen molar-refractivity contribution in [1.29, 1.82) is 0 Å². The lowest BCUT2D eigenvalue weighted by Gasteiger charge is -2.05. The highest BCUT2D eigenvalue weighted by Crippen LogP contribution is 2.22. The quantitative estimate of drug-likeness (QED) is 0.678. The van der Waals surface area contributed by atoms with Gasteiger partial charge >= 0.3 is 0 Å². The maximum atomic E-state index is 12.0. The van der Waals surface area contributed by atoms with Crippen LogP contribution in [0.1, 0.15) is 22.8 Å². The highest BCUT2D eigenvalue weighted by atomic mass is 35.5.